The molecule has 3 heterocycles. The molecule has 2 saturated heterocycles. The van der Waals surface area contributed by atoms with Crippen LogP contribution in [-0.4, -0.2) is 38.0 Å². The van der Waals surface area contributed by atoms with Gasteiger partial charge in [-0.15, -0.1) is 11.8 Å². The Labute approximate surface area is 117 Å². The Morgan fingerprint density at radius 2 is 2.42 bits per heavy atom. The lowest BCUT2D eigenvalue weighted by Gasteiger charge is -2.28. The number of carbonyl (C=O) groups is 1. The number of H-pyrrole nitrogens is 1. The van der Waals surface area contributed by atoms with E-state index in [9.17, 15) is 4.79 Å². The van der Waals surface area contributed by atoms with Gasteiger partial charge in [0.2, 0.25) is 0 Å². The van der Waals surface area contributed by atoms with Crippen molar-refractivity contribution in [3.05, 3.63) is 18.2 Å². The summed E-state index contributed by atoms with van der Waals surface area (Å²) in [5.41, 5.74) is -0.444. The number of carbonyl (C=O) groups excluding carboxylic acids is 1. The lowest BCUT2D eigenvalue weighted by molar-refractivity contribution is 0.0221. The Morgan fingerprint density at radius 1 is 1.63 bits per heavy atom. The van der Waals surface area contributed by atoms with E-state index in [1.54, 1.807) is 18.0 Å². The van der Waals surface area contributed by atoms with Crippen molar-refractivity contribution in [1.82, 2.24) is 14.9 Å². The molecule has 0 radical (unpaired) electrons. The second-order valence-electron chi connectivity index (χ2n) is 6.05. The van der Waals surface area contributed by atoms with Gasteiger partial charge in [0.25, 0.3) is 0 Å². The summed E-state index contributed by atoms with van der Waals surface area (Å²) < 4.78 is 5.51. The van der Waals surface area contributed by atoms with Gasteiger partial charge in [-0.25, -0.2) is 9.78 Å². The van der Waals surface area contributed by atoms with E-state index < -0.39 is 5.60 Å². The summed E-state index contributed by atoms with van der Waals surface area (Å²) in [6.07, 6.45) is 5.43. The molecule has 2 aliphatic heterocycles. The van der Waals surface area contributed by atoms with Crippen LogP contribution in [0.5, 0.6) is 0 Å². The molecule has 1 amide bonds. The van der Waals surface area contributed by atoms with Gasteiger partial charge in [-0.3, -0.25) is 4.90 Å². The van der Waals surface area contributed by atoms with Gasteiger partial charge in [-0.05, 0) is 33.6 Å². The number of amides is 1. The van der Waals surface area contributed by atoms with Crippen LogP contribution in [0.15, 0.2) is 12.4 Å². The molecule has 104 valence electrons. The number of hydrogen-bond donors (Lipinski definition) is 1. The second kappa shape index (κ2) is 4.16. The van der Waals surface area contributed by atoms with E-state index in [0.717, 1.165) is 25.2 Å². The molecule has 1 spiro atoms. The number of likely N-dealkylation sites (tertiary alicyclic amines) is 1. The fourth-order valence-corrected chi connectivity index (χ4v) is 4.13. The van der Waals surface area contributed by atoms with E-state index in [1.807, 2.05) is 31.9 Å². The number of hydrogen-bond acceptors (Lipinski definition) is 4. The SMILES string of the molecule is CC(C)(C)OC(=O)N1CCCC12SC2c1ncc[nH]1. The first kappa shape index (κ1) is 12.8. The van der Waals surface area contributed by atoms with Gasteiger partial charge < -0.3 is 9.72 Å². The average molecular weight is 281 g/mol. The van der Waals surface area contributed by atoms with Gasteiger partial charge in [0, 0.05) is 18.9 Å². The van der Waals surface area contributed by atoms with Crippen molar-refractivity contribution >= 4 is 17.9 Å². The molecule has 0 aromatic carbocycles. The molecule has 0 bridgehead atoms. The number of ether oxygens (including phenoxy) is 1. The molecule has 2 aliphatic rings. The van der Waals surface area contributed by atoms with Crippen molar-refractivity contribution in [1.29, 1.82) is 0 Å². The summed E-state index contributed by atoms with van der Waals surface area (Å²) >= 11 is 1.80. The highest BCUT2D eigenvalue weighted by atomic mass is 32.2. The predicted molar refractivity (Wildman–Crippen MR) is 73.8 cm³/mol. The van der Waals surface area contributed by atoms with Crippen LogP contribution in [0.25, 0.3) is 0 Å². The highest BCUT2D eigenvalue weighted by Gasteiger charge is 2.65. The summed E-state index contributed by atoms with van der Waals surface area (Å²) in [6, 6.07) is 0. The number of imidazole rings is 1. The van der Waals surface area contributed by atoms with Crippen LogP contribution in [0, 0.1) is 0 Å². The van der Waals surface area contributed by atoms with E-state index in [2.05, 4.69) is 9.97 Å². The van der Waals surface area contributed by atoms with Crippen molar-refractivity contribution in [3.63, 3.8) is 0 Å². The minimum Gasteiger partial charge on any atom is -0.444 e. The minimum absolute atomic E-state index is 0.125. The first-order valence-electron chi connectivity index (χ1n) is 6.60. The molecule has 5 nitrogen and oxygen atoms in total. The summed E-state index contributed by atoms with van der Waals surface area (Å²) in [4.78, 5) is 21.5. The van der Waals surface area contributed by atoms with E-state index in [0.29, 0.717) is 0 Å². The van der Waals surface area contributed by atoms with Crippen molar-refractivity contribution in [2.45, 2.75) is 49.3 Å². The van der Waals surface area contributed by atoms with Gasteiger partial charge in [-0.1, -0.05) is 0 Å². The first-order chi connectivity index (χ1) is 8.92. The van der Waals surface area contributed by atoms with Crippen LogP contribution in [0.2, 0.25) is 0 Å². The number of nitrogens with one attached hydrogen (secondary N) is 1. The number of aromatic amines is 1. The highest BCUT2D eigenvalue weighted by Crippen LogP contribution is 2.70. The third kappa shape index (κ3) is 2.22. The molecule has 0 aliphatic carbocycles. The van der Waals surface area contributed by atoms with Crippen molar-refractivity contribution < 1.29 is 9.53 Å². The second-order valence-corrected chi connectivity index (χ2v) is 7.47. The fourth-order valence-electron chi connectivity index (χ4n) is 2.63. The summed E-state index contributed by atoms with van der Waals surface area (Å²) in [7, 11) is 0. The average Bonchev–Trinajstić information content (AvgIpc) is 2.70. The quantitative estimate of drug-likeness (QED) is 0.804. The van der Waals surface area contributed by atoms with Crippen LogP contribution in [0.3, 0.4) is 0 Å². The van der Waals surface area contributed by atoms with Crippen molar-refractivity contribution in [3.8, 4) is 0 Å². The zero-order valence-corrected chi connectivity index (χ0v) is 12.3. The lowest BCUT2D eigenvalue weighted by atomic mass is 10.1. The van der Waals surface area contributed by atoms with Crippen LogP contribution in [-0.2, 0) is 4.74 Å². The maximum absolute atomic E-state index is 12.3. The Balaban J connectivity index is 1.75. The lowest BCUT2D eigenvalue weighted by Crippen LogP contribution is -2.41. The summed E-state index contributed by atoms with van der Waals surface area (Å²) in [6.45, 7) is 6.48. The maximum Gasteiger partial charge on any atom is 0.411 e. The zero-order chi connectivity index (χ0) is 13.7. The largest absolute Gasteiger partial charge is 0.444 e. The summed E-state index contributed by atoms with van der Waals surface area (Å²) in [5.74, 6) is 0.959. The van der Waals surface area contributed by atoms with Gasteiger partial charge in [0.1, 0.15) is 16.3 Å². The normalized spacial score (nSPS) is 29.8. The Morgan fingerprint density at radius 3 is 3.05 bits per heavy atom. The molecule has 2 fully saturated rings. The Kier molecular flexibility index (Phi) is 2.81. The highest BCUT2D eigenvalue weighted by molar-refractivity contribution is 8.08. The van der Waals surface area contributed by atoms with Crippen LogP contribution in [0.1, 0.15) is 44.7 Å². The van der Waals surface area contributed by atoms with Crippen LogP contribution < -0.4 is 0 Å². The van der Waals surface area contributed by atoms with Crippen LogP contribution in [0.4, 0.5) is 4.79 Å². The number of nitrogens with zero attached hydrogens (tertiary/aromatic N) is 2. The van der Waals surface area contributed by atoms with Gasteiger partial charge in [0.05, 0.1) is 5.25 Å². The summed E-state index contributed by atoms with van der Waals surface area (Å²) in [5, 5.41) is 0.262. The maximum atomic E-state index is 12.3. The Bertz CT molecular complexity index is 483. The fraction of sp³-hybridized carbons (Fsp3) is 0.692. The van der Waals surface area contributed by atoms with Gasteiger partial charge in [0.15, 0.2) is 0 Å². The molecule has 19 heavy (non-hydrogen) atoms. The third-order valence-electron chi connectivity index (χ3n) is 3.43. The van der Waals surface area contributed by atoms with Gasteiger partial charge >= 0.3 is 6.09 Å². The van der Waals surface area contributed by atoms with E-state index >= 15 is 0 Å². The molecule has 2 atom stereocenters. The third-order valence-corrected chi connectivity index (χ3v) is 5.09. The molecule has 1 N–H and O–H groups in total. The monoisotopic (exact) mass is 281 g/mol. The molecule has 1 aromatic rings. The number of rotatable bonds is 1. The minimum atomic E-state index is -0.444. The molecule has 0 saturated carbocycles. The number of thioether (sulfide) groups is 1. The molecule has 2 unspecified atom stereocenters. The molecule has 6 heteroatoms. The topological polar surface area (TPSA) is 58.2 Å². The Hall–Kier alpha value is -1.17. The molecule has 3 rings (SSSR count). The smallest absolute Gasteiger partial charge is 0.411 e. The van der Waals surface area contributed by atoms with E-state index in [-0.39, 0.29) is 16.2 Å². The van der Waals surface area contributed by atoms with E-state index in [4.69, 9.17) is 4.74 Å². The van der Waals surface area contributed by atoms with Gasteiger partial charge in [-0.2, -0.15) is 0 Å². The predicted octanol–water partition coefficient (Wildman–Crippen LogP) is 2.92. The molecular formula is C13H19N3O2S. The van der Waals surface area contributed by atoms with Crippen molar-refractivity contribution in [2.75, 3.05) is 6.54 Å². The molecule has 1 aromatic heterocycles. The standard InChI is InChI=1S/C13H19N3O2S/c1-12(2,3)18-11(17)16-8-4-5-13(16)9(19-13)10-14-6-7-15-10/h6-7,9H,4-5,8H2,1-3H3,(H,14,15). The number of aromatic nitrogens is 2. The zero-order valence-electron chi connectivity index (χ0n) is 11.5. The van der Waals surface area contributed by atoms with Crippen LogP contribution >= 0.6 is 11.8 Å². The molecular weight excluding hydrogens is 262 g/mol. The van der Waals surface area contributed by atoms with Crippen molar-refractivity contribution in [2.24, 2.45) is 0 Å². The first-order valence-corrected chi connectivity index (χ1v) is 7.48. The van der Waals surface area contributed by atoms with E-state index in [1.165, 1.54) is 0 Å².